The smallest absolute Gasteiger partial charge is 0.325 e. The third-order valence-corrected chi connectivity index (χ3v) is 3.17. The molecule has 0 aromatic heterocycles. The number of fused-ring (bicyclic) bond motifs is 1. The number of hydrogen-bond donors (Lipinski definition) is 0. The maximum atomic E-state index is 11.8. The number of benzene rings is 1. The van der Waals surface area contributed by atoms with Crippen LogP contribution in [0, 0.1) is 13.8 Å². The molecule has 0 N–H and O–H groups in total. The van der Waals surface area contributed by atoms with E-state index in [1.807, 2.05) is 13.8 Å². The van der Waals surface area contributed by atoms with Crippen molar-refractivity contribution in [1.29, 1.82) is 0 Å². The van der Waals surface area contributed by atoms with Gasteiger partial charge in [0, 0.05) is 0 Å². The number of rotatable bonds is 2. The first-order chi connectivity index (χ1) is 8.47. The summed E-state index contributed by atoms with van der Waals surface area (Å²) in [7, 11) is 1.24. The summed E-state index contributed by atoms with van der Waals surface area (Å²) < 4.78 is 4.54. The van der Waals surface area contributed by atoms with Gasteiger partial charge in [0.15, 0.2) is 0 Å². The van der Waals surface area contributed by atoms with Crippen LogP contribution >= 0.6 is 0 Å². The van der Waals surface area contributed by atoms with Crippen molar-refractivity contribution in [2.75, 3.05) is 18.6 Å². The van der Waals surface area contributed by atoms with Crippen molar-refractivity contribution in [3.63, 3.8) is 0 Å². The SMILES string of the molecule is COC(=O)CN1C(=O)C(=O)c2ccc(C)c(C)c21. The Hall–Kier alpha value is -2.17. The number of Topliss-reactive ketones (excluding diaryl/α,β-unsaturated/α-hetero) is 1. The zero-order chi connectivity index (χ0) is 13.4. The van der Waals surface area contributed by atoms with Gasteiger partial charge >= 0.3 is 5.97 Å². The van der Waals surface area contributed by atoms with Gasteiger partial charge in [-0.25, -0.2) is 0 Å². The lowest BCUT2D eigenvalue weighted by Gasteiger charge is -2.17. The lowest BCUT2D eigenvalue weighted by Crippen LogP contribution is -2.35. The number of carbonyl (C=O) groups excluding carboxylic acids is 3. The van der Waals surface area contributed by atoms with Crippen molar-refractivity contribution in [2.45, 2.75) is 13.8 Å². The molecule has 0 aliphatic carbocycles. The van der Waals surface area contributed by atoms with E-state index in [1.54, 1.807) is 12.1 Å². The molecule has 5 nitrogen and oxygen atoms in total. The molecule has 0 saturated carbocycles. The average Bonchev–Trinajstić information content (AvgIpc) is 2.59. The monoisotopic (exact) mass is 247 g/mol. The highest BCUT2D eigenvalue weighted by Gasteiger charge is 2.38. The molecule has 0 spiro atoms. The topological polar surface area (TPSA) is 63.7 Å². The fourth-order valence-electron chi connectivity index (χ4n) is 2.02. The van der Waals surface area contributed by atoms with Gasteiger partial charge in [0.1, 0.15) is 6.54 Å². The molecular formula is C13H13NO4. The lowest BCUT2D eigenvalue weighted by molar-refractivity contribution is -0.139. The fraction of sp³-hybridized carbons (Fsp3) is 0.308. The van der Waals surface area contributed by atoms with Crippen LogP contribution in [0.15, 0.2) is 12.1 Å². The van der Waals surface area contributed by atoms with E-state index in [0.29, 0.717) is 11.3 Å². The lowest BCUT2D eigenvalue weighted by atomic mass is 10.0. The molecule has 2 rings (SSSR count). The average molecular weight is 247 g/mol. The highest BCUT2D eigenvalue weighted by Crippen LogP contribution is 2.33. The van der Waals surface area contributed by atoms with Crippen LogP contribution in [0.25, 0.3) is 0 Å². The summed E-state index contributed by atoms with van der Waals surface area (Å²) in [6, 6.07) is 3.41. The molecule has 0 fully saturated rings. The van der Waals surface area contributed by atoms with E-state index < -0.39 is 17.7 Å². The molecule has 1 aliphatic rings. The number of nitrogens with zero attached hydrogens (tertiary/aromatic N) is 1. The molecule has 1 aromatic rings. The van der Waals surface area contributed by atoms with Crippen LogP contribution in [0.5, 0.6) is 0 Å². The van der Waals surface area contributed by atoms with Crippen LogP contribution < -0.4 is 4.90 Å². The number of aryl methyl sites for hydroxylation is 1. The number of carbonyl (C=O) groups is 3. The standard InChI is InChI=1S/C13H13NO4/c1-7-4-5-9-11(8(7)2)14(6-10(15)18-3)13(17)12(9)16/h4-5H,6H2,1-3H3. The minimum Gasteiger partial charge on any atom is -0.468 e. The summed E-state index contributed by atoms with van der Waals surface area (Å²) in [6.07, 6.45) is 0. The zero-order valence-corrected chi connectivity index (χ0v) is 10.4. The molecule has 1 heterocycles. The van der Waals surface area contributed by atoms with E-state index in [4.69, 9.17) is 0 Å². The molecule has 1 aromatic carbocycles. The van der Waals surface area contributed by atoms with Crippen LogP contribution in [0.1, 0.15) is 21.5 Å². The van der Waals surface area contributed by atoms with Gasteiger partial charge in [0.25, 0.3) is 11.7 Å². The maximum absolute atomic E-state index is 11.8. The number of ether oxygens (including phenoxy) is 1. The normalized spacial score (nSPS) is 13.8. The van der Waals surface area contributed by atoms with Crippen LogP contribution in [-0.4, -0.2) is 31.3 Å². The summed E-state index contributed by atoms with van der Waals surface area (Å²) >= 11 is 0. The molecule has 0 atom stereocenters. The highest BCUT2D eigenvalue weighted by molar-refractivity contribution is 6.52. The Morgan fingerprint density at radius 3 is 2.56 bits per heavy atom. The van der Waals surface area contributed by atoms with Crippen molar-refractivity contribution in [1.82, 2.24) is 0 Å². The van der Waals surface area contributed by atoms with Crippen molar-refractivity contribution in [2.24, 2.45) is 0 Å². The zero-order valence-electron chi connectivity index (χ0n) is 10.4. The number of ketones is 1. The first kappa shape index (κ1) is 12.3. The van der Waals surface area contributed by atoms with Gasteiger partial charge in [-0.05, 0) is 31.0 Å². The molecule has 0 bridgehead atoms. The molecule has 0 unspecified atom stereocenters. The van der Waals surface area contributed by atoms with Gasteiger partial charge in [0.05, 0.1) is 18.4 Å². The van der Waals surface area contributed by atoms with Gasteiger partial charge in [-0.2, -0.15) is 0 Å². The Kier molecular flexibility index (Phi) is 2.90. The summed E-state index contributed by atoms with van der Waals surface area (Å²) in [5.74, 6) is -1.80. The number of esters is 1. The minimum absolute atomic E-state index is 0.238. The van der Waals surface area contributed by atoms with E-state index in [1.165, 1.54) is 12.0 Å². The van der Waals surface area contributed by atoms with Gasteiger partial charge < -0.3 is 4.74 Å². The second kappa shape index (κ2) is 4.25. The van der Waals surface area contributed by atoms with Crippen molar-refractivity contribution in [3.8, 4) is 0 Å². The largest absolute Gasteiger partial charge is 0.468 e. The number of hydrogen-bond acceptors (Lipinski definition) is 4. The second-order valence-corrected chi connectivity index (χ2v) is 4.20. The van der Waals surface area contributed by atoms with Crippen LogP contribution in [-0.2, 0) is 14.3 Å². The minimum atomic E-state index is -0.677. The van der Waals surface area contributed by atoms with Crippen molar-refractivity contribution < 1.29 is 19.1 Å². The first-order valence-corrected chi connectivity index (χ1v) is 5.50. The Morgan fingerprint density at radius 1 is 1.28 bits per heavy atom. The molecule has 5 heteroatoms. The van der Waals surface area contributed by atoms with E-state index in [9.17, 15) is 14.4 Å². The Balaban J connectivity index is 2.53. The van der Waals surface area contributed by atoms with E-state index >= 15 is 0 Å². The van der Waals surface area contributed by atoms with E-state index in [2.05, 4.69) is 4.74 Å². The predicted octanol–water partition coefficient (Wildman–Crippen LogP) is 1.01. The third kappa shape index (κ3) is 1.68. The first-order valence-electron chi connectivity index (χ1n) is 5.50. The quantitative estimate of drug-likeness (QED) is 0.578. The molecule has 0 radical (unpaired) electrons. The predicted molar refractivity (Wildman–Crippen MR) is 64.6 cm³/mol. The van der Waals surface area contributed by atoms with E-state index in [0.717, 1.165) is 11.1 Å². The summed E-state index contributed by atoms with van der Waals surface area (Å²) in [6.45, 7) is 3.47. The fourth-order valence-corrected chi connectivity index (χ4v) is 2.02. The number of methoxy groups -OCH3 is 1. The molecule has 0 saturated heterocycles. The van der Waals surface area contributed by atoms with Crippen molar-refractivity contribution in [3.05, 3.63) is 28.8 Å². The van der Waals surface area contributed by atoms with Gasteiger partial charge in [-0.3, -0.25) is 19.3 Å². The Morgan fingerprint density at radius 2 is 1.94 bits per heavy atom. The van der Waals surface area contributed by atoms with Gasteiger partial charge in [-0.1, -0.05) is 6.07 Å². The molecule has 1 amide bonds. The van der Waals surface area contributed by atoms with E-state index in [-0.39, 0.29) is 6.54 Å². The second-order valence-electron chi connectivity index (χ2n) is 4.20. The van der Waals surface area contributed by atoms with Crippen LogP contribution in [0.2, 0.25) is 0 Å². The van der Waals surface area contributed by atoms with Gasteiger partial charge in [0.2, 0.25) is 0 Å². The summed E-state index contributed by atoms with van der Waals surface area (Å²) in [4.78, 5) is 36.1. The molecular weight excluding hydrogens is 234 g/mol. The van der Waals surface area contributed by atoms with Gasteiger partial charge in [-0.15, -0.1) is 0 Å². The summed E-state index contributed by atoms with van der Waals surface area (Å²) in [5, 5.41) is 0. The van der Waals surface area contributed by atoms with Crippen LogP contribution in [0.3, 0.4) is 0 Å². The molecule has 1 aliphatic heterocycles. The Labute approximate surface area is 104 Å². The molecule has 18 heavy (non-hydrogen) atoms. The Bertz CT molecular complexity index is 562. The van der Waals surface area contributed by atoms with Crippen molar-refractivity contribution >= 4 is 23.3 Å². The number of amides is 1. The highest BCUT2D eigenvalue weighted by atomic mass is 16.5. The summed E-state index contributed by atoms with van der Waals surface area (Å²) in [5.41, 5.74) is 2.67. The maximum Gasteiger partial charge on any atom is 0.325 e. The number of anilines is 1. The van der Waals surface area contributed by atoms with Crippen LogP contribution in [0.4, 0.5) is 5.69 Å². The third-order valence-electron chi connectivity index (χ3n) is 3.17. The molecule has 94 valence electrons.